The quantitative estimate of drug-likeness (QED) is 0.550. The zero-order valence-corrected chi connectivity index (χ0v) is 16.1. The third-order valence-corrected chi connectivity index (χ3v) is 5.62. The minimum atomic E-state index is -4.44. The molecule has 28 heavy (non-hydrogen) atoms. The molecule has 4 nitrogen and oxygen atoms in total. The highest BCUT2D eigenvalue weighted by atomic mass is 32.2. The second-order valence-corrected chi connectivity index (χ2v) is 7.48. The zero-order chi connectivity index (χ0) is 20.3. The largest absolute Gasteiger partial charge is 0.416 e. The molecular formula is C20H20F3N3OS. The summed E-state index contributed by atoms with van der Waals surface area (Å²) in [5, 5.41) is -0.198. The van der Waals surface area contributed by atoms with Gasteiger partial charge in [-0.2, -0.15) is 13.2 Å². The van der Waals surface area contributed by atoms with Gasteiger partial charge in [-0.3, -0.25) is 4.79 Å². The maximum atomic E-state index is 13.1. The van der Waals surface area contributed by atoms with Gasteiger partial charge in [-0.15, -0.1) is 0 Å². The number of hydrogen-bond acceptors (Lipinski definition) is 3. The van der Waals surface area contributed by atoms with Gasteiger partial charge in [0.2, 0.25) is 5.91 Å². The molecule has 3 rings (SSSR count). The monoisotopic (exact) mass is 407 g/mol. The van der Waals surface area contributed by atoms with E-state index in [2.05, 4.69) is 4.98 Å². The Bertz CT molecular complexity index is 970. The number of aromatic nitrogens is 2. The molecule has 0 spiro atoms. The topological polar surface area (TPSA) is 60.9 Å². The molecule has 1 unspecified atom stereocenters. The molecule has 0 aliphatic rings. The first-order valence-electron chi connectivity index (χ1n) is 8.89. The number of thioether (sulfide) groups is 1. The highest BCUT2D eigenvalue weighted by Gasteiger charge is 2.31. The fourth-order valence-corrected chi connectivity index (χ4v) is 4.02. The van der Waals surface area contributed by atoms with E-state index in [4.69, 9.17) is 5.73 Å². The maximum absolute atomic E-state index is 13.1. The van der Waals surface area contributed by atoms with Gasteiger partial charge >= 0.3 is 6.18 Å². The van der Waals surface area contributed by atoms with E-state index in [1.807, 2.05) is 29.7 Å². The summed E-state index contributed by atoms with van der Waals surface area (Å²) >= 11 is 1.16. The molecule has 1 amide bonds. The van der Waals surface area contributed by atoms with Crippen molar-refractivity contribution < 1.29 is 18.0 Å². The van der Waals surface area contributed by atoms with Crippen molar-refractivity contribution in [1.29, 1.82) is 0 Å². The van der Waals surface area contributed by atoms with E-state index in [0.717, 1.165) is 42.3 Å². The summed E-state index contributed by atoms with van der Waals surface area (Å²) in [7, 11) is 0. The number of carbonyl (C=O) groups excluding carboxylic acids is 1. The fraction of sp³-hybridized carbons (Fsp3) is 0.300. The van der Waals surface area contributed by atoms with Crippen LogP contribution in [0.4, 0.5) is 13.2 Å². The molecule has 0 saturated heterocycles. The summed E-state index contributed by atoms with van der Waals surface area (Å²) in [4.78, 5) is 16.5. The van der Waals surface area contributed by atoms with Gasteiger partial charge in [-0.25, -0.2) is 4.98 Å². The average Bonchev–Trinajstić information content (AvgIpc) is 3.00. The molecule has 148 valence electrons. The third kappa shape index (κ3) is 4.32. The van der Waals surface area contributed by atoms with Crippen molar-refractivity contribution in [2.24, 2.45) is 5.73 Å². The first-order valence-corrected chi connectivity index (χ1v) is 9.77. The lowest BCUT2D eigenvalue weighted by atomic mass is 10.1. The lowest BCUT2D eigenvalue weighted by Crippen LogP contribution is -2.19. The van der Waals surface area contributed by atoms with Crippen LogP contribution in [0.1, 0.15) is 36.1 Å². The van der Waals surface area contributed by atoms with Crippen LogP contribution in [0.5, 0.6) is 0 Å². The molecule has 3 aromatic rings. The summed E-state index contributed by atoms with van der Waals surface area (Å²) in [5.74, 6) is -0.527. The molecule has 0 saturated carbocycles. The third-order valence-electron chi connectivity index (χ3n) is 4.36. The van der Waals surface area contributed by atoms with Gasteiger partial charge < -0.3 is 10.3 Å². The van der Waals surface area contributed by atoms with Crippen LogP contribution in [0.3, 0.4) is 0 Å². The van der Waals surface area contributed by atoms with Crippen LogP contribution in [-0.2, 0) is 17.5 Å². The van der Waals surface area contributed by atoms with E-state index < -0.39 is 22.9 Å². The van der Waals surface area contributed by atoms with E-state index in [0.29, 0.717) is 17.2 Å². The number of rotatable bonds is 7. The Balaban J connectivity index is 2.06. The van der Waals surface area contributed by atoms with E-state index in [1.54, 1.807) is 12.1 Å². The van der Waals surface area contributed by atoms with Gasteiger partial charge in [0.1, 0.15) is 5.25 Å². The van der Waals surface area contributed by atoms with Gasteiger partial charge in [0.05, 0.1) is 16.6 Å². The fourth-order valence-electron chi connectivity index (χ4n) is 2.93. The number of aryl methyl sites for hydroxylation is 1. The smallest absolute Gasteiger partial charge is 0.368 e. The van der Waals surface area contributed by atoms with Crippen molar-refractivity contribution in [2.45, 2.75) is 42.9 Å². The van der Waals surface area contributed by atoms with Gasteiger partial charge in [-0.05, 0) is 30.2 Å². The minimum Gasteiger partial charge on any atom is -0.368 e. The van der Waals surface area contributed by atoms with Gasteiger partial charge in [-0.1, -0.05) is 55.4 Å². The lowest BCUT2D eigenvalue weighted by Gasteiger charge is -2.14. The molecule has 0 radical (unpaired) electrons. The molecule has 2 aromatic carbocycles. The molecule has 0 bridgehead atoms. The van der Waals surface area contributed by atoms with Crippen LogP contribution in [0.15, 0.2) is 53.7 Å². The Labute approximate surface area is 164 Å². The standard InChI is InChI=1S/C20H20F3N3OS/c1-2-3-11-26-16-10-9-14(20(21,22)23)12-15(16)25-19(26)28-17(18(24)27)13-7-5-4-6-8-13/h4-10,12,17H,2-3,11H2,1H3,(H2,24,27). The average molecular weight is 407 g/mol. The van der Waals surface area contributed by atoms with Crippen molar-refractivity contribution >= 4 is 28.7 Å². The Morgan fingerprint density at radius 3 is 2.54 bits per heavy atom. The summed E-state index contributed by atoms with van der Waals surface area (Å²) in [5.41, 5.74) is 6.45. The van der Waals surface area contributed by atoms with Crippen molar-refractivity contribution in [2.75, 3.05) is 0 Å². The number of amides is 1. The molecule has 8 heteroatoms. The van der Waals surface area contributed by atoms with E-state index >= 15 is 0 Å². The number of nitrogens with two attached hydrogens (primary N) is 1. The summed E-state index contributed by atoms with van der Waals surface area (Å²) in [6, 6.07) is 12.6. The Morgan fingerprint density at radius 1 is 1.21 bits per heavy atom. The highest BCUT2D eigenvalue weighted by Crippen LogP contribution is 2.38. The Kier molecular flexibility index (Phi) is 5.98. The Hall–Kier alpha value is -2.48. The number of unbranched alkanes of at least 4 members (excludes halogenated alkanes) is 1. The van der Waals surface area contributed by atoms with Crippen molar-refractivity contribution in [3.8, 4) is 0 Å². The van der Waals surface area contributed by atoms with Gasteiger partial charge in [0.25, 0.3) is 0 Å². The SMILES string of the molecule is CCCCn1c(SC(C(N)=O)c2ccccc2)nc2cc(C(F)(F)F)ccc21. The van der Waals surface area contributed by atoms with Crippen molar-refractivity contribution in [3.05, 3.63) is 59.7 Å². The van der Waals surface area contributed by atoms with E-state index in [1.165, 1.54) is 6.07 Å². The highest BCUT2D eigenvalue weighted by molar-refractivity contribution is 8.00. The normalized spacial score (nSPS) is 13.0. The summed E-state index contributed by atoms with van der Waals surface area (Å²) < 4.78 is 41.0. The van der Waals surface area contributed by atoms with Gasteiger partial charge in [0, 0.05) is 6.54 Å². The van der Waals surface area contributed by atoms with Crippen LogP contribution in [-0.4, -0.2) is 15.5 Å². The molecule has 1 atom stereocenters. The number of hydrogen-bond donors (Lipinski definition) is 1. The number of carbonyl (C=O) groups is 1. The molecular weight excluding hydrogens is 387 g/mol. The van der Waals surface area contributed by atoms with Crippen LogP contribution >= 0.6 is 11.8 Å². The predicted octanol–water partition coefficient (Wildman–Crippen LogP) is 5.17. The second-order valence-electron chi connectivity index (χ2n) is 6.41. The molecule has 1 heterocycles. The number of primary amides is 1. The van der Waals surface area contributed by atoms with Crippen molar-refractivity contribution in [1.82, 2.24) is 9.55 Å². The molecule has 0 aliphatic carbocycles. The summed E-state index contributed by atoms with van der Waals surface area (Å²) in [6.07, 6.45) is -2.68. The number of nitrogens with zero attached hydrogens (tertiary/aromatic N) is 2. The van der Waals surface area contributed by atoms with E-state index in [9.17, 15) is 18.0 Å². The lowest BCUT2D eigenvalue weighted by molar-refractivity contribution is -0.137. The van der Waals surface area contributed by atoms with Crippen LogP contribution in [0, 0.1) is 0 Å². The zero-order valence-electron chi connectivity index (χ0n) is 15.2. The van der Waals surface area contributed by atoms with Crippen LogP contribution in [0.25, 0.3) is 11.0 Å². The summed E-state index contributed by atoms with van der Waals surface area (Å²) in [6.45, 7) is 2.63. The van der Waals surface area contributed by atoms with Crippen molar-refractivity contribution in [3.63, 3.8) is 0 Å². The first-order chi connectivity index (χ1) is 13.3. The van der Waals surface area contributed by atoms with Crippen LogP contribution < -0.4 is 5.73 Å². The van der Waals surface area contributed by atoms with Gasteiger partial charge in [0.15, 0.2) is 5.16 Å². The molecule has 2 N–H and O–H groups in total. The van der Waals surface area contributed by atoms with Crippen LogP contribution in [0.2, 0.25) is 0 Å². The predicted molar refractivity (Wildman–Crippen MR) is 104 cm³/mol. The maximum Gasteiger partial charge on any atom is 0.416 e. The van der Waals surface area contributed by atoms with E-state index in [-0.39, 0.29) is 5.52 Å². The number of alkyl halides is 3. The minimum absolute atomic E-state index is 0.254. The second kappa shape index (κ2) is 8.26. The molecule has 0 fully saturated rings. The number of halogens is 3. The molecule has 1 aromatic heterocycles. The Morgan fingerprint density at radius 2 is 1.93 bits per heavy atom. The molecule has 0 aliphatic heterocycles. The first kappa shape index (κ1) is 20.3. The number of fused-ring (bicyclic) bond motifs is 1. The number of imidazole rings is 1. The number of benzene rings is 2.